The van der Waals surface area contributed by atoms with Gasteiger partial charge in [-0.3, -0.25) is 4.90 Å². The van der Waals surface area contributed by atoms with Crippen LogP contribution in [0, 0.1) is 0 Å². The fraction of sp³-hybridized carbons (Fsp3) is 0.286. The highest BCUT2D eigenvalue weighted by molar-refractivity contribution is 6.01. The summed E-state index contributed by atoms with van der Waals surface area (Å²) in [5.74, 6) is 1.79. The zero-order valence-electron chi connectivity index (χ0n) is 18.3. The number of nitrogens with zero attached hydrogens (tertiary/aromatic N) is 1. The van der Waals surface area contributed by atoms with Crippen LogP contribution in [0.1, 0.15) is 36.0 Å². The molecular formula is C28H29NO3. The molecule has 0 aromatic heterocycles. The number of ether oxygens (including phenoxy) is 2. The van der Waals surface area contributed by atoms with Crippen molar-refractivity contribution in [1.29, 1.82) is 0 Å². The minimum absolute atomic E-state index is 0.209. The quantitative estimate of drug-likeness (QED) is 0.555. The minimum atomic E-state index is 0.209. The van der Waals surface area contributed by atoms with E-state index in [1.165, 1.54) is 32.4 Å². The molecule has 3 aromatic rings. The summed E-state index contributed by atoms with van der Waals surface area (Å²) in [6.45, 7) is 4.48. The van der Waals surface area contributed by atoms with E-state index in [9.17, 15) is 5.11 Å². The number of hydrogen-bond donors (Lipinski definition) is 1. The van der Waals surface area contributed by atoms with Gasteiger partial charge in [0.15, 0.2) is 0 Å². The van der Waals surface area contributed by atoms with Crippen molar-refractivity contribution in [3.8, 4) is 17.2 Å². The van der Waals surface area contributed by atoms with Crippen molar-refractivity contribution in [2.45, 2.75) is 19.3 Å². The average molecular weight is 428 g/mol. The van der Waals surface area contributed by atoms with Crippen molar-refractivity contribution in [1.82, 2.24) is 4.90 Å². The summed E-state index contributed by atoms with van der Waals surface area (Å²) >= 11 is 0. The van der Waals surface area contributed by atoms with Gasteiger partial charge in [0.1, 0.15) is 30.5 Å². The number of fused-ring (bicyclic) bond motifs is 1. The molecule has 0 spiro atoms. The lowest BCUT2D eigenvalue weighted by Crippen LogP contribution is -2.33. The summed E-state index contributed by atoms with van der Waals surface area (Å²) in [5.41, 5.74) is 5.47. The molecule has 164 valence electrons. The Bertz CT molecular complexity index is 1100. The van der Waals surface area contributed by atoms with E-state index in [0.29, 0.717) is 19.0 Å². The predicted octanol–water partition coefficient (Wildman–Crippen LogP) is 5.61. The number of phenols is 1. The van der Waals surface area contributed by atoms with Crippen LogP contribution in [0.15, 0.2) is 72.8 Å². The second kappa shape index (κ2) is 9.49. The highest BCUT2D eigenvalue weighted by atomic mass is 16.5. The maximum absolute atomic E-state index is 9.96. The molecule has 2 heterocycles. The Morgan fingerprint density at radius 3 is 2.50 bits per heavy atom. The Labute approximate surface area is 189 Å². The number of phenolic OH excluding ortho intramolecular Hbond substituents is 1. The van der Waals surface area contributed by atoms with Crippen LogP contribution in [0.2, 0.25) is 0 Å². The molecule has 0 unspecified atom stereocenters. The monoisotopic (exact) mass is 427 g/mol. The maximum atomic E-state index is 9.96. The molecule has 4 nitrogen and oxygen atoms in total. The third kappa shape index (κ3) is 4.51. The Morgan fingerprint density at radius 1 is 0.844 bits per heavy atom. The van der Waals surface area contributed by atoms with E-state index in [1.54, 1.807) is 12.1 Å². The fourth-order valence-electron chi connectivity index (χ4n) is 4.64. The highest BCUT2D eigenvalue weighted by Gasteiger charge is 2.23. The molecule has 1 N–H and O–H groups in total. The Morgan fingerprint density at radius 2 is 1.66 bits per heavy atom. The van der Waals surface area contributed by atoms with Crippen LogP contribution in [0.25, 0.3) is 11.1 Å². The van der Waals surface area contributed by atoms with E-state index in [1.807, 2.05) is 30.3 Å². The van der Waals surface area contributed by atoms with Crippen LogP contribution in [-0.2, 0) is 0 Å². The molecule has 0 bridgehead atoms. The molecule has 0 radical (unpaired) electrons. The molecule has 0 amide bonds. The molecule has 32 heavy (non-hydrogen) atoms. The first-order valence-corrected chi connectivity index (χ1v) is 11.5. The number of hydrogen-bond acceptors (Lipinski definition) is 4. The minimum Gasteiger partial charge on any atom is -0.508 e. The van der Waals surface area contributed by atoms with Gasteiger partial charge >= 0.3 is 0 Å². The van der Waals surface area contributed by atoms with Gasteiger partial charge in [-0.25, -0.2) is 0 Å². The lowest BCUT2D eigenvalue weighted by molar-refractivity contribution is 0.183. The van der Waals surface area contributed by atoms with E-state index >= 15 is 0 Å². The zero-order chi connectivity index (χ0) is 21.8. The van der Waals surface area contributed by atoms with Crippen LogP contribution < -0.4 is 9.47 Å². The van der Waals surface area contributed by atoms with E-state index in [2.05, 4.69) is 35.2 Å². The first kappa shape index (κ1) is 20.7. The van der Waals surface area contributed by atoms with Crippen molar-refractivity contribution >= 4 is 11.1 Å². The normalized spacial score (nSPS) is 16.4. The van der Waals surface area contributed by atoms with Crippen LogP contribution in [0.4, 0.5) is 0 Å². The number of likely N-dealkylation sites (tertiary alicyclic amines) is 1. The molecule has 2 aliphatic rings. The molecule has 2 aliphatic heterocycles. The Kier molecular flexibility index (Phi) is 6.13. The van der Waals surface area contributed by atoms with E-state index in [0.717, 1.165) is 40.1 Å². The van der Waals surface area contributed by atoms with Crippen molar-refractivity contribution in [3.05, 3.63) is 89.5 Å². The molecule has 3 aromatic carbocycles. The van der Waals surface area contributed by atoms with E-state index in [-0.39, 0.29) is 5.75 Å². The van der Waals surface area contributed by atoms with Gasteiger partial charge in [0.2, 0.25) is 0 Å². The summed E-state index contributed by atoms with van der Waals surface area (Å²) in [4.78, 5) is 2.49. The summed E-state index contributed by atoms with van der Waals surface area (Å²) in [6, 6.07) is 24.0. The van der Waals surface area contributed by atoms with Gasteiger partial charge in [-0.2, -0.15) is 0 Å². The number of benzene rings is 3. The summed E-state index contributed by atoms with van der Waals surface area (Å²) in [6.07, 6.45) is 3.94. The van der Waals surface area contributed by atoms with Gasteiger partial charge in [0.25, 0.3) is 0 Å². The van der Waals surface area contributed by atoms with Crippen LogP contribution in [0.3, 0.4) is 0 Å². The van der Waals surface area contributed by atoms with Gasteiger partial charge < -0.3 is 14.6 Å². The van der Waals surface area contributed by atoms with Crippen molar-refractivity contribution < 1.29 is 14.6 Å². The van der Waals surface area contributed by atoms with Crippen molar-refractivity contribution in [3.63, 3.8) is 0 Å². The van der Waals surface area contributed by atoms with Gasteiger partial charge in [-0.1, -0.05) is 48.9 Å². The van der Waals surface area contributed by atoms with Crippen LogP contribution in [-0.4, -0.2) is 42.9 Å². The fourth-order valence-corrected chi connectivity index (χ4v) is 4.64. The average Bonchev–Trinajstić information content (AvgIpc) is 2.84. The lowest BCUT2D eigenvalue weighted by atomic mass is 9.87. The van der Waals surface area contributed by atoms with Crippen molar-refractivity contribution in [2.24, 2.45) is 0 Å². The number of piperidine rings is 1. The van der Waals surface area contributed by atoms with Gasteiger partial charge in [0.05, 0.1) is 0 Å². The Hall–Kier alpha value is -3.24. The summed E-state index contributed by atoms with van der Waals surface area (Å²) in [5, 5.41) is 9.96. The first-order valence-electron chi connectivity index (χ1n) is 11.5. The molecule has 1 saturated heterocycles. The lowest BCUT2D eigenvalue weighted by Gasteiger charge is -2.26. The third-order valence-corrected chi connectivity index (χ3v) is 6.28. The Balaban J connectivity index is 1.46. The first-order chi connectivity index (χ1) is 15.8. The van der Waals surface area contributed by atoms with Gasteiger partial charge in [-0.15, -0.1) is 0 Å². The highest BCUT2D eigenvalue weighted by Crippen LogP contribution is 2.42. The predicted molar refractivity (Wildman–Crippen MR) is 128 cm³/mol. The number of rotatable bonds is 6. The second-order valence-corrected chi connectivity index (χ2v) is 8.47. The topological polar surface area (TPSA) is 41.9 Å². The molecule has 0 aliphatic carbocycles. The third-order valence-electron chi connectivity index (χ3n) is 6.28. The van der Waals surface area contributed by atoms with Crippen LogP contribution in [0.5, 0.6) is 17.2 Å². The molecule has 0 atom stereocenters. The molecule has 5 rings (SSSR count). The van der Waals surface area contributed by atoms with Crippen molar-refractivity contribution in [2.75, 3.05) is 32.8 Å². The van der Waals surface area contributed by atoms with E-state index in [4.69, 9.17) is 9.47 Å². The maximum Gasteiger partial charge on any atom is 0.131 e. The molecular weight excluding hydrogens is 398 g/mol. The number of aromatic hydroxyl groups is 1. The molecule has 4 heteroatoms. The summed E-state index contributed by atoms with van der Waals surface area (Å²) in [7, 11) is 0. The largest absolute Gasteiger partial charge is 0.508 e. The second-order valence-electron chi connectivity index (χ2n) is 8.47. The SMILES string of the molecule is Oc1ccc2c(c1)OCC(c1ccccc1)=C2c1cccc(OCCN2CCCCC2)c1. The molecule has 0 saturated carbocycles. The smallest absolute Gasteiger partial charge is 0.131 e. The van der Waals surface area contributed by atoms with Crippen LogP contribution >= 0.6 is 0 Å². The van der Waals surface area contributed by atoms with Gasteiger partial charge in [0, 0.05) is 23.7 Å². The van der Waals surface area contributed by atoms with Gasteiger partial charge in [-0.05, 0) is 66.9 Å². The standard InChI is InChI=1S/C28H29NO3/c30-23-12-13-25-27(19-23)32-20-26(21-8-3-1-4-9-21)28(25)22-10-7-11-24(18-22)31-17-16-29-14-5-2-6-15-29/h1,3-4,7-13,18-19,30H,2,5-6,14-17,20H2. The summed E-state index contributed by atoms with van der Waals surface area (Å²) < 4.78 is 12.2. The van der Waals surface area contributed by atoms with E-state index < -0.39 is 0 Å². The molecule has 1 fully saturated rings. The zero-order valence-corrected chi connectivity index (χ0v) is 18.3.